The van der Waals surface area contributed by atoms with Gasteiger partial charge in [0.25, 0.3) is 0 Å². The first-order valence-corrected chi connectivity index (χ1v) is 7.44. The maximum Gasteiger partial charge on any atom is 0.225 e. The molecule has 0 bridgehead atoms. The Balaban J connectivity index is 0.00000200. The fraction of sp³-hybridized carbons (Fsp3) is 0.929. The summed E-state index contributed by atoms with van der Waals surface area (Å²) in [4.78, 5) is 14.2. The number of nitrogens with zero attached hydrogens (tertiary/aromatic N) is 1. The summed E-state index contributed by atoms with van der Waals surface area (Å²) in [5, 5.41) is 3.16. The Bertz CT molecular complexity index is 286. The number of likely N-dealkylation sites (tertiary alicyclic amines) is 1. The maximum atomic E-state index is 12.2. The maximum absolute atomic E-state index is 12.2. The van der Waals surface area contributed by atoms with Crippen molar-refractivity contribution in [2.75, 3.05) is 40.0 Å². The smallest absolute Gasteiger partial charge is 0.225 e. The normalized spacial score (nSPS) is 23.6. The molecule has 118 valence electrons. The van der Waals surface area contributed by atoms with Crippen LogP contribution >= 0.6 is 12.4 Å². The topological polar surface area (TPSA) is 50.8 Å². The van der Waals surface area contributed by atoms with Gasteiger partial charge in [-0.15, -0.1) is 12.4 Å². The van der Waals surface area contributed by atoms with Gasteiger partial charge in [-0.05, 0) is 32.7 Å². The van der Waals surface area contributed by atoms with Crippen LogP contribution in [0.15, 0.2) is 0 Å². The van der Waals surface area contributed by atoms with Crippen LogP contribution < -0.4 is 5.32 Å². The molecule has 2 aliphatic heterocycles. The van der Waals surface area contributed by atoms with Crippen molar-refractivity contribution in [2.45, 2.75) is 44.2 Å². The number of rotatable bonds is 6. The fourth-order valence-corrected chi connectivity index (χ4v) is 2.91. The van der Waals surface area contributed by atoms with Crippen LogP contribution in [0, 0.1) is 0 Å². The lowest BCUT2D eigenvalue weighted by Gasteiger charge is -2.26. The summed E-state index contributed by atoms with van der Waals surface area (Å²) < 4.78 is 11.1. The molecule has 0 aromatic carbocycles. The summed E-state index contributed by atoms with van der Waals surface area (Å²) >= 11 is 0. The highest BCUT2D eigenvalue weighted by Gasteiger charge is 2.27. The first-order chi connectivity index (χ1) is 9.31. The van der Waals surface area contributed by atoms with E-state index in [2.05, 4.69) is 5.32 Å². The van der Waals surface area contributed by atoms with Crippen molar-refractivity contribution in [2.24, 2.45) is 0 Å². The van der Waals surface area contributed by atoms with E-state index in [1.54, 1.807) is 0 Å². The van der Waals surface area contributed by atoms with Gasteiger partial charge < -0.3 is 19.7 Å². The van der Waals surface area contributed by atoms with Crippen molar-refractivity contribution < 1.29 is 14.3 Å². The number of halogens is 1. The zero-order valence-electron chi connectivity index (χ0n) is 12.3. The van der Waals surface area contributed by atoms with E-state index < -0.39 is 0 Å². The van der Waals surface area contributed by atoms with Gasteiger partial charge in [0.15, 0.2) is 0 Å². The first kappa shape index (κ1) is 17.7. The van der Waals surface area contributed by atoms with E-state index in [0.717, 1.165) is 52.0 Å². The highest BCUT2D eigenvalue weighted by Crippen LogP contribution is 2.18. The molecule has 1 N–H and O–H groups in total. The molecule has 1 amide bonds. The lowest BCUT2D eigenvalue weighted by atomic mass is 10.1. The van der Waals surface area contributed by atoms with Gasteiger partial charge in [0.2, 0.25) is 5.91 Å². The SMILES string of the molecule is CNCC1CCCN1C(=O)CCOC1CCOCC1.Cl. The van der Waals surface area contributed by atoms with Gasteiger partial charge in [-0.3, -0.25) is 4.79 Å². The van der Waals surface area contributed by atoms with Crippen LogP contribution in [0.3, 0.4) is 0 Å². The quantitative estimate of drug-likeness (QED) is 0.801. The summed E-state index contributed by atoms with van der Waals surface area (Å²) in [6.07, 6.45) is 4.96. The predicted octanol–water partition coefficient (Wildman–Crippen LogP) is 1.20. The summed E-state index contributed by atoms with van der Waals surface area (Å²) in [6, 6.07) is 0.376. The molecule has 1 unspecified atom stereocenters. The molecule has 0 radical (unpaired) electrons. The Morgan fingerprint density at radius 1 is 1.35 bits per heavy atom. The van der Waals surface area contributed by atoms with Gasteiger partial charge in [-0.25, -0.2) is 0 Å². The molecule has 0 aliphatic carbocycles. The molecule has 0 aromatic heterocycles. The second kappa shape index (κ2) is 9.55. The number of hydrogen-bond donors (Lipinski definition) is 1. The van der Waals surface area contributed by atoms with Crippen LogP contribution in [-0.4, -0.2) is 62.9 Å². The Morgan fingerprint density at radius 3 is 2.80 bits per heavy atom. The van der Waals surface area contributed by atoms with Gasteiger partial charge in [0.1, 0.15) is 0 Å². The zero-order chi connectivity index (χ0) is 13.5. The number of amides is 1. The molecule has 0 spiro atoms. The molecule has 1 atom stereocenters. The number of ether oxygens (including phenoxy) is 2. The minimum Gasteiger partial charge on any atom is -0.381 e. The molecule has 2 fully saturated rings. The largest absolute Gasteiger partial charge is 0.381 e. The molecule has 2 aliphatic rings. The summed E-state index contributed by atoms with van der Waals surface area (Å²) in [6.45, 7) is 3.92. The molecule has 6 heteroatoms. The molecule has 0 saturated carbocycles. The third kappa shape index (κ3) is 5.20. The summed E-state index contributed by atoms with van der Waals surface area (Å²) in [7, 11) is 1.94. The Hall–Kier alpha value is -0.360. The van der Waals surface area contributed by atoms with E-state index in [0.29, 0.717) is 19.1 Å². The average molecular weight is 307 g/mol. The lowest BCUT2D eigenvalue weighted by molar-refractivity contribution is -0.134. The van der Waals surface area contributed by atoms with Gasteiger partial charge in [-0.1, -0.05) is 0 Å². The van der Waals surface area contributed by atoms with Crippen molar-refractivity contribution in [3.05, 3.63) is 0 Å². The second-order valence-corrected chi connectivity index (χ2v) is 5.37. The van der Waals surface area contributed by atoms with Crippen LogP contribution in [0.5, 0.6) is 0 Å². The molecule has 5 nitrogen and oxygen atoms in total. The molecule has 2 saturated heterocycles. The highest BCUT2D eigenvalue weighted by atomic mass is 35.5. The number of nitrogens with one attached hydrogen (secondary N) is 1. The summed E-state index contributed by atoms with van der Waals surface area (Å²) in [5.41, 5.74) is 0. The van der Waals surface area contributed by atoms with E-state index >= 15 is 0 Å². The number of carbonyl (C=O) groups excluding carboxylic acids is 1. The van der Waals surface area contributed by atoms with Crippen LogP contribution in [0.2, 0.25) is 0 Å². The predicted molar refractivity (Wildman–Crippen MR) is 80.3 cm³/mol. The van der Waals surface area contributed by atoms with Gasteiger partial charge in [-0.2, -0.15) is 0 Å². The third-order valence-corrected chi connectivity index (χ3v) is 3.98. The minimum absolute atomic E-state index is 0. The van der Waals surface area contributed by atoms with E-state index in [1.165, 1.54) is 0 Å². The molecule has 2 heterocycles. The number of likely N-dealkylation sites (N-methyl/N-ethyl adjacent to an activating group) is 1. The van der Waals surface area contributed by atoms with Crippen LogP contribution in [0.4, 0.5) is 0 Å². The Kier molecular flexibility index (Phi) is 8.45. The van der Waals surface area contributed by atoms with Crippen molar-refractivity contribution >= 4 is 18.3 Å². The van der Waals surface area contributed by atoms with Gasteiger partial charge in [0, 0.05) is 32.3 Å². The first-order valence-electron chi connectivity index (χ1n) is 7.44. The van der Waals surface area contributed by atoms with E-state index in [9.17, 15) is 4.79 Å². The molecular weight excluding hydrogens is 280 g/mol. The van der Waals surface area contributed by atoms with Gasteiger partial charge >= 0.3 is 0 Å². The summed E-state index contributed by atoms with van der Waals surface area (Å²) in [5.74, 6) is 0.241. The molecular formula is C14H27ClN2O3. The van der Waals surface area contributed by atoms with Crippen molar-refractivity contribution in [1.29, 1.82) is 0 Å². The van der Waals surface area contributed by atoms with Gasteiger partial charge in [0.05, 0.1) is 19.1 Å². The van der Waals surface area contributed by atoms with Crippen molar-refractivity contribution in [3.63, 3.8) is 0 Å². The standard InChI is InChI=1S/C14H26N2O3.ClH/c1-15-11-12-3-2-7-16(12)14(17)6-10-19-13-4-8-18-9-5-13;/h12-13,15H,2-11H2,1H3;1H. The monoisotopic (exact) mass is 306 g/mol. The molecule has 20 heavy (non-hydrogen) atoms. The fourth-order valence-electron chi connectivity index (χ4n) is 2.91. The van der Waals surface area contributed by atoms with Crippen molar-refractivity contribution in [3.8, 4) is 0 Å². The van der Waals surface area contributed by atoms with Crippen LogP contribution in [-0.2, 0) is 14.3 Å². The van der Waals surface area contributed by atoms with E-state index in [1.807, 2.05) is 11.9 Å². The average Bonchev–Trinajstić information content (AvgIpc) is 2.89. The number of hydrogen-bond acceptors (Lipinski definition) is 4. The number of carbonyl (C=O) groups is 1. The third-order valence-electron chi connectivity index (χ3n) is 3.98. The minimum atomic E-state index is 0. The molecule has 0 aromatic rings. The van der Waals surface area contributed by atoms with Crippen LogP contribution in [0.1, 0.15) is 32.1 Å². The Morgan fingerprint density at radius 2 is 2.10 bits per heavy atom. The second-order valence-electron chi connectivity index (χ2n) is 5.37. The Labute approximate surface area is 127 Å². The van der Waals surface area contributed by atoms with Crippen molar-refractivity contribution in [1.82, 2.24) is 10.2 Å². The van der Waals surface area contributed by atoms with E-state index in [4.69, 9.17) is 9.47 Å². The van der Waals surface area contributed by atoms with Crippen LogP contribution in [0.25, 0.3) is 0 Å². The lowest BCUT2D eigenvalue weighted by Crippen LogP contribution is -2.41. The highest BCUT2D eigenvalue weighted by molar-refractivity contribution is 5.85. The zero-order valence-corrected chi connectivity index (χ0v) is 13.1. The van der Waals surface area contributed by atoms with E-state index in [-0.39, 0.29) is 24.4 Å². The molecule has 2 rings (SSSR count).